The Balaban J connectivity index is 1.44. The van der Waals surface area contributed by atoms with Crippen molar-refractivity contribution >= 4 is 66.4 Å². The van der Waals surface area contributed by atoms with Gasteiger partial charge in [0.05, 0.1) is 21.9 Å². The summed E-state index contributed by atoms with van der Waals surface area (Å²) < 4.78 is 7.71. The third-order valence-corrected chi connectivity index (χ3v) is 6.47. The maximum Gasteiger partial charge on any atom is 0.261 e. The fraction of sp³-hybridized carbons (Fsp3) is 0.160. The lowest BCUT2D eigenvalue weighted by atomic mass is 10.2. The number of benzene rings is 3. The normalized spacial score (nSPS) is 10.9. The highest BCUT2D eigenvalue weighted by Crippen LogP contribution is 2.31. The third-order valence-electron chi connectivity index (χ3n) is 4.71. The van der Waals surface area contributed by atoms with E-state index in [9.17, 15) is 4.79 Å². The van der Waals surface area contributed by atoms with Gasteiger partial charge in [-0.05, 0) is 93.1 Å². The average Bonchev–Trinajstić information content (AvgIpc) is 3.18. The van der Waals surface area contributed by atoms with E-state index < -0.39 is 0 Å². The van der Waals surface area contributed by atoms with Crippen LogP contribution < -0.4 is 15.4 Å². The van der Waals surface area contributed by atoms with Crippen LogP contribution in [0.3, 0.4) is 0 Å². The van der Waals surface area contributed by atoms with Crippen molar-refractivity contribution in [3.63, 3.8) is 0 Å². The molecule has 0 atom stereocenters. The zero-order chi connectivity index (χ0) is 23.5. The fourth-order valence-corrected chi connectivity index (χ4v) is 4.86. The monoisotopic (exact) mass is 539 g/mol. The molecule has 0 spiro atoms. The first-order valence-electron chi connectivity index (χ1n) is 10.3. The van der Waals surface area contributed by atoms with E-state index >= 15 is 0 Å². The molecule has 1 amide bonds. The molecule has 2 N–H and O–H groups in total. The predicted molar refractivity (Wildman–Crippen MR) is 143 cm³/mol. The molecule has 4 rings (SSSR count). The molecule has 3 aromatic carbocycles. The molecule has 4 aromatic rings. The van der Waals surface area contributed by atoms with Crippen molar-refractivity contribution in [3.05, 3.63) is 76.3 Å². The van der Waals surface area contributed by atoms with Crippen LogP contribution in [0.5, 0.6) is 5.75 Å². The summed E-state index contributed by atoms with van der Waals surface area (Å²) in [5.41, 5.74) is 4.43. The molecule has 8 heteroatoms. The van der Waals surface area contributed by atoms with Crippen LogP contribution in [0.25, 0.3) is 20.8 Å². The van der Waals surface area contributed by atoms with Crippen molar-refractivity contribution in [1.82, 2.24) is 10.3 Å². The number of aryl methyl sites for hydroxylation is 1. The molecule has 1 heterocycles. The minimum atomic E-state index is -0.342. The standard InChI is InChI=1S/C25H22BrN3O2S2/c1-14(2)31-21-11-7-17(26)13-19(21)23(30)29-25(32)27-18-8-5-16(6-9-18)24-28-20-10-4-15(3)12-22(20)33-24/h4-14H,1-3H3,(H2,27,29,30,32). The maximum absolute atomic E-state index is 12.8. The van der Waals surface area contributed by atoms with E-state index in [0.717, 1.165) is 26.2 Å². The summed E-state index contributed by atoms with van der Waals surface area (Å²) in [5.74, 6) is 0.162. The summed E-state index contributed by atoms with van der Waals surface area (Å²) in [6.45, 7) is 5.90. The van der Waals surface area contributed by atoms with Crippen LogP contribution in [0.1, 0.15) is 29.8 Å². The van der Waals surface area contributed by atoms with Crippen LogP contribution in [0.15, 0.2) is 65.1 Å². The van der Waals surface area contributed by atoms with Gasteiger partial charge in [-0.2, -0.15) is 0 Å². The van der Waals surface area contributed by atoms with Crippen molar-refractivity contribution in [1.29, 1.82) is 0 Å². The number of hydrogen-bond acceptors (Lipinski definition) is 5. The fourth-order valence-electron chi connectivity index (χ4n) is 3.22. The Morgan fingerprint density at radius 3 is 2.58 bits per heavy atom. The number of thiocarbonyl (C=S) groups is 1. The summed E-state index contributed by atoms with van der Waals surface area (Å²) in [4.78, 5) is 17.5. The van der Waals surface area contributed by atoms with Gasteiger partial charge < -0.3 is 10.1 Å². The molecule has 5 nitrogen and oxygen atoms in total. The summed E-state index contributed by atoms with van der Waals surface area (Å²) in [7, 11) is 0. The van der Waals surface area contributed by atoms with Crippen LogP contribution >= 0.6 is 39.5 Å². The largest absolute Gasteiger partial charge is 0.490 e. The molecular formula is C25H22BrN3O2S2. The number of halogens is 1. The molecule has 168 valence electrons. The Morgan fingerprint density at radius 2 is 1.85 bits per heavy atom. The van der Waals surface area contributed by atoms with Crippen LogP contribution in [-0.4, -0.2) is 22.1 Å². The lowest BCUT2D eigenvalue weighted by Gasteiger charge is -2.15. The van der Waals surface area contributed by atoms with Crippen molar-refractivity contribution < 1.29 is 9.53 Å². The zero-order valence-electron chi connectivity index (χ0n) is 18.3. The number of nitrogens with zero attached hydrogens (tertiary/aromatic N) is 1. The molecule has 0 saturated heterocycles. The van der Waals surface area contributed by atoms with Gasteiger partial charge in [0.2, 0.25) is 0 Å². The van der Waals surface area contributed by atoms with E-state index in [4.69, 9.17) is 21.9 Å². The first-order valence-corrected chi connectivity index (χ1v) is 12.4. The van der Waals surface area contributed by atoms with Gasteiger partial charge in [0.15, 0.2) is 5.11 Å². The smallest absolute Gasteiger partial charge is 0.261 e. The molecule has 1 aromatic heterocycles. The van der Waals surface area contributed by atoms with Gasteiger partial charge in [0, 0.05) is 15.7 Å². The first-order chi connectivity index (χ1) is 15.8. The highest BCUT2D eigenvalue weighted by atomic mass is 79.9. The van der Waals surface area contributed by atoms with E-state index in [1.165, 1.54) is 10.3 Å². The summed E-state index contributed by atoms with van der Waals surface area (Å²) in [5, 5.41) is 6.96. The van der Waals surface area contributed by atoms with E-state index in [1.807, 2.05) is 50.2 Å². The Hall–Kier alpha value is -2.81. The number of ether oxygens (including phenoxy) is 1. The van der Waals surface area contributed by atoms with Crippen molar-refractivity contribution in [2.45, 2.75) is 26.9 Å². The number of rotatable bonds is 5. The van der Waals surface area contributed by atoms with E-state index in [1.54, 1.807) is 23.5 Å². The van der Waals surface area contributed by atoms with Gasteiger partial charge >= 0.3 is 0 Å². The minimum Gasteiger partial charge on any atom is -0.490 e. The summed E-state index contributed by atoms with van der Waals surface area (Å²) in [6, 6.07) is 19.4. The summed E-state index contributed by atoms with van der Waals surface area (Å²) in [6.07, 6.45) is -0.0548. The Bertz CT molecular complexity index is 1330. The first kappa shape index (κ1) is 23.4. The number of amides is 1. The van der Waals surface area contributed by atoms with Crippen LogP contribution in [0.2, 0.25) is 0 Å². The van der Waals surface area contributed by atoms with Gasteiger partial charge in [-0.15, -0.1) is 11.3 Å². The quantitative estimate of drug-likeness (QED) is 0.268. The van der Waals surface area contributed by atoms with Gasteiger partial charge in [0.1, 0.15) is 10.8 Å². The molecule has 0 aliphatic rings. The van der Waals surface area contributed by atoms with E-state index in [0.29, 0.717) is 11.3 Å². The second-order valence-electron chi connectivity index (χ2n) is 7.78. The molecule has 0 fully saturated rings. The van der Waals surface area contributed by atoms with Crippen molar-refractivity contribution in [2.24, 2.45) is 0 Å². The number of hydrogen-bond donors (Lipinski definition) is 2. The van der Waals surface area contributed by atoms with Crippen molar-refractivity contribution in [2.75, 3.05) is 5.32 Å². The van der Waals surface area contributed by atoms with Crippen molar-refractivity contribution in [3.8, 4) is 16.3 Å². The Morgan fingerprint density at radius 1 is 1.09 bits per heavy atom. The molecule has 0 bridgehead atoms. The van der Waals surface area contributed by atoms with Crippen LogP contribution in [-0.2, 0) is 0 Å². The molecule has 0 saturated carbocycles. The Kier molecular flexibility index (Phi) is 7.07. The average molecular weight is 541 g/mol. The van der Waals surface area contributed by atoms with E-state index in [2.05, 4.69) is 45.6 Å². The second kappa shape index (κ2) is 9.99. The second-order valence-corrected chi connectivity index (χ2v) is 10.1. The number of carbonyl (C=O) groups excluding carboxylic acids is 1. The molecular weight excluding hydrogens is 518 g/mol. The topological polar surface area (TPSA) is 63.2 Å². The van der Waals surface area contributed by atoms with E-state index in [-0.39, 0.29) is 17.1 Å². The molecule has 0 aliphatic heterocycles. The number of thiazole rings is 1. The number of fused-ring (bicyclic) bond motifs is 1. The van der Waals surface area contributed by atoms with Gasteiger partial charge in [-0.25, -0.2) is 4.98 Å². The highest BCUT2D eigenvalue weighted by Gasteiger charge is 2.16. The Labute approximate surface area is 210 Å². The maximum atomic E-state index is 12.8. The highest BCUT2D eigenvalue weighted by molar-refractivity contribution is 9.10. The predicted octanol–water partition coefficient (Wildman–Crippen LogP) is 6.95. The lowest BCUT2D eigenvalue weighted by molar-refractivity contribution is 0.0972. The zero-order valence-corrected chi connectivity index (χ0v) is 21.5. The number of carbonyl (C=O) groups is 1. The SMILES string of the molecule is Cc1ccc2nc(-c3ccc(NC(=S)NC(=O)c4cc(Br)ccc4OC(C)C)cc3)sc2c1. The molecule has 0 radical (unpaired) electrons. The van der Waals surface area contributed by atoms with Gasteiger partial charge in [-0.1, -0.05) is 22.0 Å². The van der Waals surface area contributed by atoms with Gasteiger partial charge in [0.25, 0.3) is 5.91 Å². The minimum absolute atomic E-state index is 0.0548. The van der Waals surface area contributed by atoms with Crippen LogP contribution in [0.4, 0.5) is 5.69 Å². The lowest BCUT2D eigenvalue weighted by Crippen LogP contribution is -2.34. The number of nitrogens with one attached hydrogen (secondary N) is 2. The summed E-state index contributed by atoms with van der Waals surface area (Å²) >= 11 is 10.4. The van der Waals surface area contributed by atoms with Gasteiger partial charge in [-0.3, -0.25) is 10.1 Å². The number of anilines is 1. The molecule has 0 aliphatic carbocycles. The van der Waals surface area contributed by atoms with Crippen LogP contribution in [0, 0.1) is 6.92 Å². The molecule has 33 heavy (non-hydrogen) atoms. The third kappa shape index (κ3) is 5.76. The number of aromatic nitrogens is 1. The molecule has 0 unspecified atom stereocenters.